The first-order valence-electron chi connectivity index (χ1n) is 11.1. The molecule has 1 amide bonds. The average molecular weight is 455 g/mol. The Morgan fingerprint density at radius 3 is 2.18 bits per heavy atom. The van der Waals surface area contributed by atoms with Gasteiger partial charge < -0.3 is 14.6 Å². The third-order valence-electron chi connectivity index (χ3n) is 5.40. The van der Waals surface area contributed by atoms with Crippen molar-refractivity contribution in [3.05, 3.63) is 112 Å². The number of aromatic nitrogens is 3. The van der Waals surface area contributed by atoms with Gasteiger partial charge in [0.05, 0.1) is 0 Å². The third kappa shape index (κ3) is 6.16. The maximum atomic E-state index is 12.5. The smallest absolute Gasteiger partial charge is 0.273 e. The third-order valence-corrected chi connectivity index (χ3v) is 5.40. The van der Waals surface area contributed by atoms with Crippen LogP contribution in [0.25, 0.3) is 11.4 Å². The molecular weight excluding hydrogens is 428 g/mol. The summed E-state index contributed by atoms with van der Waals surface area (Å²) in [7, 11) is 1.75. The van der Waals surface area contributed by atoms with Crippen LogP contribution in [-0.2, 0) is 24.4 Å². The Morgan fingerprint density at radius 2 is 1.53 bits per heavy atom. The summed E-state index contributed by atoms with van der Waals surface area (Å²) in [5.74, 6) is 1.04. The predicted octanol–water partition coefficient (Wildman–Crippen LogP) is 4.00. The van der Waals surface area contributed by atoms with Crippen molar-refractivity contribution < 1.29 is 9.53 Å². The molecule has 0 fully saturated rings. The lowest BCUT2D eigenvalue weighted by atomic mass is 10.2. The molecule has 0 spiro atoms. The molecule has 0 aliphatic heterocycles. The van der Waals surface area contributed by atoms with Crippen molar-refractivity contribution in [2.24, 2.45) is 0 Å². The van der Waals surface area contributed by atoms with Crippen molar-refractivity contribution in [1.82, 2.24) is 20.1 Å². The van der Waals surface area contributed by atoms with E-state index in [0.717, 1.165) is 22.4 Å². The molecule has 4 aromatic rings. The van der Waals surface area contributed by atoms with Gasteiger partial charge in [0.15, 0.2) is 5.82 Å². The van der Waals surface area contributed by atoms with Crippen LogP contribution >= 0.6 is 0 Å². The number of benzene rings is 3. The Hall–Kier alpha value is -4.26. The molecule has 0 atom stereocenters. The van der Waals surface area contributed by atoms with E-state index in [1.165, 1.54) is 0 Å². The fourth-order valence-electron chi connectivity index (χ4n) is 3.47. The van der Waals surface area contributed by atoms with E-state index in [0.29, 0.717) is 19.0 Å². The van der Waals surface area contributed by atoms with Gasteiger partial charge in [-0.3, -0.25) is 9.59 Å². The number of H-pyrrole nitrogens is 1. The van der Waals surface area contributed by atoms with E-state index >= 15 is 0 Å². The molecule has 7 heteroatoms. The highest BCUT2D eigenvalue weighted by Crippen LogP contribution is 2.19. The molecule has 0 aliphatic carbocycles. The van der Waals surface area contributed by atoms with Gasteiger partial charge >= 0.3 is 0 Å². The van der Waals surface area contributed by atoms with E-state index in [2.05, 4.69) is 15.2 Å². The van der Waals surface area contributed by atoms with Crippen LogP contribution < -0.4 is 10.3 Å². The Morgan fingerprint density at radius 1 is 0.882 bits per heavy atom. The molecule has 0 saturated carbocycles. The van der Waals surface area contributed by atoms with Crippen molar-refractivity contribution in [3.8, 4) is 17.1 Å². The molecule has 7 nitrogen and oxygen atoms in total. The minimum atomic E-state index is -0.340. The van der Waals surface area contributed by atoms with Crippen LogP contribution in [0.3, 0.4) is 0 Å². The van der Waals surface area contributed by atoms with Gasteiger partial charge in [0.2, 0.25) is 5.91 Å². The zero-order valence-electron chi connectivity index (χ0n) is 19.0. The predicted molar refractivity (Wildman–Crippen MR) is 130 cm³/mol. The first kappa shape index (κ1) is 22.9. The van der Waals surface area contributed by atoms with Gasteiger partial charge in [-0.15, -0.1) is 10.2 Å². The molecule has 0 saturated heterocycles. The molecule has 0 bridgehead atoms. The van der Waals surface area contributed by atoms with Crippen LogP contribution in [0.2, 0.25) is 0 Å². The van der Waals surface area contributed by atoms with Gasteiger partial charge in [0.1, 0.15) is 18.1 Å². The number of nitrogens with zero attached hydrogens (tertiary/aromatic N) is 3. The number of amides is 1. The largest absolute Gasteiger partial charge is 0.489 e. The Labute approximate surface area is 198 Å². The van der Waals surface area contributed by atoms with Gasteiger partial charge in [-0.25, -0.2) is 0 Å². The molecule has 34 heavy (non-hydrogen) atoms. The Balaban J connectivity index is 1.32. The number of aryl methyl sites for hydroxylation is 1. The molecule has 1 aromatic heterocycles. The van der Waals surface area contributed by atoms with Crippen LogP contribution in [0.15, 0.2) is 89.7 Å². The van der Waals surface area contributed by atoms with E-state index in [4.69, 9.17) is 4.74 Å². The second-order valence-electron chi connectivity index (χ2n) is 7.98. The van der Waals surface area contributed by atoms with Crippen LogP contribution in [0.4, 0.5) is 0 Å². The summed E-state index contributed by atoms with van der Waals surface area (Å²) in [4.78, 5) is 29.4. The Bertz CT molecular complexity index is 1270. The van der Waals surface area contributed by atoms with E-state index in [1.807, 2.05) is 84.9 Å². The summed E-state index contributed by atoms with van der Waals surface area (Å²) in [5.41, 5.74) is 2.77. The first-order chi connectivity index (χ1) is 16.6. The lowest BCUT2D eigenvalue weighted by Crippen LogP contribution is -2.27. The SMILES string of the molecule is CN(Cc1ccccc1)C(=O)CCc1nnc(-c2ccc(OCc3ccccc3)cc2)[nH]c1=O. The number of aromatic amines is 1. The minimum Gasteiger partial charge on any atom is -0.489 e. The van der Waals surface area contributed by atoms with Crippen LogP contribution in [0.5, 0.6) is 5.75 Å². The minimum absolute atomic E-state index is 0.0554. The lowest BCUT2D eigenvalue weighted by molar-refractivity contribution is -0.130. The molecule has 1 N–H and O–H groups in total. The fraction of sp³-hybridized carbons (Fsp3) is 0.185. The quantitative estimate of drug-likeness (QED) is 0.413. The molecule has 1 heterocycles. The first-order valence-corrected chi connectivity index (χ1v) is 11.1. The number of carbonyl (C=O) groups is 1. The number of carbonyl (C=O) groups excluding carboxylic acids is 1. The maximum Gasteiger partial charge on any atom is 0.273 e. The molecular formula is C27H26N4O3. The highest BCUT2D eigenvalue weighted by molar-refractivity contribution is 5.76. The topological polar surface area (TPSA) is 88.2 Å². The summed E-state index contributed by atoms with van der Waals surface area (Å²) in [6.07, 6.45) is 0.417. The van der Waals surface area contributed by atoms with E-state index in [-0.39, 0.29) is 30.0 Å². The van der Waals surface area contributed by atoms with E-state index in [9.17, 15) is 9.59 Å². The molecule has 0 aliphatic rings. The summed E-state index contributed by atoms with van der Waals surface area (Å²) < 4.78 is 5.79. The van der Waals surface area contributed by atoms with Crippen molar-refractivity contribution in [3.63, 3.8) is 0 Å². The van der Waals surface area contributed by atoms with Gasteiger partial charge in [0.25, 0.3) is 5.56 Å². The van der Waals surface area contributed by atoms with Crippen molar-refractivity contribution in [1.29, 1.82) is 0 Å². The number of hydrogen-bond donors (Lipinski definition) is 1. The van der Waals surface area contributed by atoms with Gasteiger partial charge in [0, 0.05) is 32.0 Å². The van der Waals surface area contributed by atoms with E-state index in [1.54, 1.807) is 11.9 Å². The number of rotatable bonds is 9. The average Bonchev–Trinajstić information content (AvgIpc) is 2.88. The number of ether oxygens (including phenoxy) is 1. The van der Waals surface area contributed by atoms with Crippen LogP contribution in [0, 0.1) is 0 Å². The molecule has 0 radical (unpaired) electrons. The number of hydrogen-bond acceptors (Lipinski definition) is 5. The van der Waals surface area contributed by atoms with Gasteiger partial charge in [-0.05, 0) is 35.4 Å². The normalized spacial score (nSPS) is 10.6. The fourth-order valence-corrected chi connectivity index (χ4v) is 3.47. The molecule has 0 unspecified atom stereocenters. The maximum absolute atomic E-state index is 12.5. The molecule has 172 valence electrons. The number of nitrogens with one attached hydrogen (secondary N) is 1. The van der Waals surface area contributed by atoms with Crippen molar-refractivity contribution in [2.45, 2.75) is 26.0 Å². The monoisotopic (exact) mass is 454 g/mol. The zero-order chi connectivity index (χ0) is 23.8. The van der Waals surface area contributed by atoms with Crippen LogP contribution in [0.1, 0.15) is 23.2 Å². The summed E-state index contributed by atoms with van der Waals surface area (Å²) >= 11 is 0. The zero-order valence-corrected chi connectivity index (χ0v) is 19.0. The highest BCUT2D eigenvalue weighted by Gasteiger charge is 2.13. The van der Waals surface area contributed by atoms with Crippen molar-refractivity contribution in [2.75, 3.05) is 7.05 Å². The lowest BCUT2D eigenvalue weighted by Gasteiger charge is -2.17. The summed E-state index contributed by atoms with van der Waals surface area (Å²) in [6, 6.07) is 27.0. The van der Waals surface area contributed by atoms with Crippen LogP contribution in [-0.4, -0.2) is 33.0 Å². The highest BCUT2D eigenvalue weighted by atomic mass is 16.5. The second-order valence-corrected chi connectivity index (χ2v) is 7.98. The van der Waals surface area contributed by atoms with Gasteiger partial charge in [-0.1, -0.05) is 60.7 Å². The molecule has 3 aromatic carbocycles. The standard InChI is InChI=1S/C27H26N4O3/c1-31(18-20-8-4-2-5-9-20)25(32)17-16-24-27(33)28-26(30-29-24)22-12-14-23(15-13-22)34-19-21-10-6-3-7-11-21/h2-15H,16-19H2,1H3,(H,28,30,33). The molecule has 4 rings (SSSR count). The Kier molecular flexibility index (Phi) is 7.45. The summed E-state index contributed by atoms with van der Waals surface area (Å²) in [6.45, 7) is 0.997. The second kappa shape index (κ2) is 11.0. The van der Waals surface area contributed by atoms with Crippen molar-refractivity contribution >= 4 is 5.91 Å². The van der Waals surface area contributed by atoms with Gasteiger partial charge in [-0.2, -0.15) is 0 Å². The summed E-state index contributed by atoms with van der Waals surface area (Å²) in [5, 5.41) is 8.22. The van der Waals surface area contributed by atoms with E-state index < -0.39 is 0 Å².